The van der Waals surface area contributed by atoms with Gasteiger partial charge in [-0.05, 0) is 38.5 Å². The van der Waals surface area contributed by atoms with Crippen molar-refractivity contribution in [2.45, 2.75) is 33.4 Å². The van der Waals surface area contributed by atoms with Gasteiger partial charge < -0.3 is 10.1 Å². The fourth-order valence-corrected chi connectivity index (χ4v) is 2.37. The summed E-state index contributed by atoms with van der Waals surface area (Å²) in [7, 11) is 0. The van der Waals surface area contributed by atoms with Crippen LogP contribution in [0, 0.1) is 13.8 Å². The molecule has 0 aromatic heterocycles. The maximum Gasteiger partial charge on any atom is 0.387 e. The van der Waals surface area contributed by atoms with Gasteiger partial charge in [0.1, 0.15) is 5.75 Å². The van der Waals surface area contributed by atoms with Gasteiger partial charge in [0, 0.05) is 11.1 Å². The number of para-hydroxylation sites is 1. The number of hydrogen-bond acceptors (Lipinski definition) is 2. The lowest BCUT2D eigenvalue weighted by molar-refractivity contribution is -0.0506. The summed E-state index contributed by atoms with van der Waals surface area (Å²) < 4.78 is 29.5. The molecule has 1 atom stereocenters. The largest absolute Gasteiger partial charge is 0.434 e. The van der Waals surface area contributed by atoms with Gasteiger partial charge in [-0.25, -0.2) is 0 Å². The molecule has 0 saturated heterocycles. The van der Waals surface area contributed by atoms with Crippen molar-refractivity contribution in [1.29, 1.82) is 0 Å². The molecule has 0 aliphatic heterocycles. The molecule has 1 amide bonds. The first kappa shape index (κ1) is 16.9. The maximum absolute atomic E-state index is 12.5. The van der Waals surface area contributed by atoms with Gasteiger partial charge >= 0.3 is 6.61 Å². The number of nitrogens with one attached hydrogen (secondary N) is 1. The molecule has 3 nitrogen and oxygen atoms in total. The SMILES string of the molecule is Cc1ccc(C)c(C(=O)N[C@@H](C)c2ccccc2OC(F)F)c1. The van der Waals surface area contributed by atoms with Crippen LogP contribution in [0.5, 0.6) is 5.75 Å². The van der Waals surface area contributed by atoms with Crippen molar-refractivity contribution in [2.75, 3.05) is 0 Å². The average molecular weight is 319 g/mol. The molecular formula is C18H19F2NO2. The zero-order valence-electron chi connectivity index (χ0n) is 13.3. The van der Waals surface area contributed by atoms with Crippen LogP contribution in [0.25, 0.3) is 0 Å². The molecule has 0 bridgehead atoms. The molecule has 5 heteroatoms. The first-order valence-electron chi connectivity index (χ1n) is 7.30. The number of amides is 1. The second-order valence-corrected chi connectivity index (χ2v) is 5.43. The fourth-order valence-electron chi connectivity index (χ4n) is 2.37. The van der Waals surface area contributed by atoms with Gasteiger partial charge in [-0.15, -0.1) is 0 Å². The van der Waals surface area contributed by atoms with Crippen LogP contribution in [0.3, 0.4) is 0 Å². The summed E-state index contributed by atoms with van der Waals surface area (Å²) in [6, 6.07) is 11.6. The highest BCUT2D eigenvalue weighted by Crippen LogP contribution is 2.26. The van der Waals surface area contributed by atoms with Crippen molar-refractivity contribution in [3.8, 4) is 5.75 Å². The summed E-state index contributed by atoms with van der Waals surface area (Å²) in [5.41, 5.74) is 2.92. The van der Waals surface area contributed by atoms with Gasteiger partial charge in [0.25, 0.3) is 5.91 Å². The highest BCUT2D eigenvalue weighted by Gasteiger charge is 2.18. The van der Waals surface area contributed by atoms with Crippen LogP contribution in [0.4, 0.5) is 8.78 Å². The number of aryl methyl sites for hydroxylation is 2. The Balaban J connectivity index is 2.20. The monoisotopic (exact) mass is 319 g/mol. The zero-order chi connectivity index (χ0) is 17.0. The molecule has 0 fully saturated rings. The van der Waals surface area contributed by atoms with Crippen LogP contribution in [0.1, 0.15) is 40.0 Å². The van der Waals surface area contributed by atoms with Crippen LogP contribution in [-0.4, -0.2) is 12.5 Å². The lowest BCUT2D eigenvalue weighted by Crippen LogP contribution is -2.27. The van der Waals surface area contributed by atoms with Gasteiger partial charge in [0.2, 0.25) is 0 Å². The molecule has 2 aromatic rings. The molecule has 2 aromatic carbocycles. The highest BCUT2D eigenvalue weighted by molar-refractivity contribution is 5.96. The Labute approximate surface area is 134 Å². The van der Waals surface area contributed by atoms with Crippen LogP contribution < -0.4 is 10.1 Å². The summed E-state index contributed by atoms with van der Waals surface area (Å²) in [6.07, 6.45) is 0. The number of halogens is 2. The quantitative estimate of drug-likeness (QED) is 0.887. The van der Waals surface area contributed by atoms with Crippen LogP contribution >= 0.6 is 0 Å². The number of benzene rings is 2. The van der Waals surface area contributed by atoms with E-state index in [0.717, 1.165) is 11.1 Å². The summed E-state index contributed by atoms with van der Waals surface area (Å²) in [6.45, 7) is 2.59. The van der Waals surface area contributed by atoms with Crippen molar-refractivity contribution < 1.29 is 18.3 Å². The van der Waals surface area contributed by atoms with Gasteiger partial charge in [0.15, 0.2) is 0 Å². The Kier molecular flexibility index (Phi) is 5.32. The van der Waals surface area contributed by atoms with Crippen molar-refractivity contribution in [1.82, 2.24) is 5.32 Å². The minimum absolute atomic E-state index is 0.0660. The minimum Gasteiger partial charge on any atom is -0.434 e. The average Bonchev–Trinajstić information content (AvgIpc) is 2.49. The third kappa shape index (κ3) is 4.28. The molecule has 0 spiro atoms. The van der Waals surface area contributed by atoms with Crippen LogP contribution in [0.2, 0.25) is 0 Å². The summed E-state index contributed by atoms with van der Waals surface area (Å²) >= 11 is 0. The van der Waals surface area contributed by atoms with E-state index in [-0.39, 0.29) is 11.7 Å². The second-order valence-electron chi connectivity index (χ2n) is 5.43. The molecule has 23 heavy (non-hydrogen) atoms. The van der Waals surface area contributed by atoms with Crippen molar-refractivity contribution in [3.63, 3.8) is 0 Å². The molecular weight excluding hydrogens is 300 g/mol. The van der Waals surface area contributed by atoms with E-state index in [1.54, 1.807) is 31.2 Å². The Hall–Kier alpha value is -2.43. The number of alkyl halides is 2. The van der Waals surface area contributed by atoms with E-state index < -0.39 is 12.7 Å². The van der Waals surface area contributed by atoms with Gasteiger partial charge in [-0.1, -0.05) is 35.9 Å². The van der Waals surface area contributed by atoms with E-state index in [2.05, 4.69) is 10.1 Å². The van der Waals surface area contributed by atoms with E-state index in [0.29, 0.717) is 11.1 Å². The van der Waals surface area contributed by atoms with Crippen LogP contribution in [-0.2, 0) is 0 Å². The number of carbonyl (C=O) groups is 1. The van der Waals surface area contributed by atoms with E-state index in [4.69, 9.17) is 0 Å². The minimum atomic E-state index is -2.90. The molecule has 0 aliphatic carbocycles. The highest BCUT2D eigenvalue weighted by atomic mass is 19.3. The molecule has 1 N–H and O–H groups in total. The van der Waals surface area contributed by atoms with Crippen molar-refractivity contribution in [3.05, 3.63) is 64.7 Å². The van der Waals surface area contributed by atoms with Crippen molar-refractivity contribution >= 4 is 5.91 Å². The molecule has 0 radical (unpaired) electrons. The lowest BCUT2D eigenvalue weighted by Gasteiger charge is -2.18. The summed E-state index contributed by atoms with van der Waals surface area (Å²) in [4.78, 5) is 12.4. The van der Waals surface area contributed by atoms with Crippen LogP contribution in [0.15, 0.2) is 42.5 Å². The Bertz CT molecular complexity index is 701. The third-order valence-electron chi connectivity index (χ3n) is 3.59. The van der Waals surface area contributed by atoms with E-state index in [9.17, 15) is 13.6 Å². The van der Waals surface area contributed by atoms with E-state index in [1.807, 2.05) is 26.0 Å². The number of hydrogen-bond donors (Lipinski definition) is 1. The zero-order valence-corrected chi connectivity index (χ0v) is 13.3. The molecule has 0 unspecified atom stereocenters. The third-order valence-corrected chi connectivity index (χ3v) is 3.59. The molecule has 2 rings (SSSR count). The van der Waals surface area contributed by atoms with Crippen molar-refractivity contribution in [2.24, 2.45) is 0 Å². The van der Waals surface area contributed by atoms with Gasteiger partial charge in [-0.2, -0.15) is 8.78 Å². The second kappa shape index (κ2) is 7.22. The molecule has 122 valence electrons. The van der Waals surface area contributed by atoms with Gasteiger partial charge in [0.05, 0.1) is 6.04 Å². The predicted octanol–water partition coefficient (Wildman–Crippen LogP) is 4.40. The Morgan fingerprint density at radius 3 is 2.52 bits per heavy atom. The fraction of sp³-hybridized carbons (Fsp3) is 0.278. The van der Waals surface area contributed by atoms with Gasteiger partial charge in [-0.3, -0.25) is 4.79 Å². The first-order chi connectivity index (χ1) is 10.9. The smallest absolute Gasteiger partial charge is 0.387 e. The standard InChI is InChI=1S/C18H19F2NO2/c1-11-8-9-12(2)15(10-11)17(22)21-13(3)14-6-4-5-7-16(14)23-18(19)20/h4-10,13,18H,1-3H3,(H,21,22)/t13-/m0/s1. The topological polar surface area (TPSA) is 38.3 Å². The maximum atomic E-state index is 12.5. The van der Waals surface area contributed by atoms with E-state index in [1.165, 1.54) is 6.07 Å². The number of carbonyl (C=O) groups excluding carboxylic acids is 1. The van der Waals surface area contributed by atoms with E-state index >= 15 is 0 Å². The number of ether oxygens (including phenoxy) is 1. The molecule has 0 saturated carbocycles. The normalized spacial score (nSPS) is 12.1. The summed E-state index contributed by atoms with van der Waals surface area (Å²) in [5, 5.41) is 2.83. The summed E-state index contributed by atoms with van der Waals surface area (Å²) in [5.74, 6) is -0.179. The number of rotatable bonds is 5. The predicted molar refractivity (Wildman–Crippen MR) is 84.9 cm³/mol. The molecule has 0 heterocycles. The lowest BCUT2D eigenvalue weighted by atomic mass is 10.0. The Morgan fingerprint density at radius 1 is 1.13 bits per heavy atom. The Morgan fingerprint density at radius 2 is 1.83 bits per heavy atom. The molecule has 0 aliphatic rings. The first-order valence-corrected chi connectivity index (χ1v) is 7.30.